The number of hydrogen-bond acceptors (Lipinski definition) is 2. The van der Waals surface area contributed by atoms with Crippen molar-refractivity contribution in [3.05, 3.63) is 0 Å². The summed E-state index contributed by atoms with van der Waals surface area (Å²) in [5, 5.41) is 0. The van der Waals surface area contributed by atoms with Gasteiger partial charge in [-0.1, -0.05) is 54.9 Å². The van der Waals surface area contributed by atoms with Crippen LogP contribution in [0.15, 0.2) is 0 Å². The summed E-state index contributed by atoms with van der Waals surface area (Å²) < 4.78 is 5.28. The highest BCUT2D eigenvalue weighted by atomic mass is 16.5. The third-order valence-electron chi connectivity index (χ3n) is 4.72. The molecule has 0 heterocycles. The standard InChI is InChI=1S/C16H32O2/c1-9-15(5,6)13(14(17)18-10-2)11-16(7,8)12(3)4/h12-13H,9-11H2,1-8H3. The van der Waals surface area contributed by atoms with E-state index in [1.54, 1.807) is 0 Å². The Balaban J connectivity index is 5.07. The van der Waals surface area contributed by atoms with Crippen LogP contribution in [0, 0.1) is 22.7 Å². The summed E-state index contributed by atoms with van der Waals surface area (Å²) in [6, 6.07) is 0. The van der Waals surface area contributed by atoms with Gasteiger partial charge in [0.1, 0.15) is 0 Å². The molecule has 0 aliphatic rings. The van der Waals surface area contributed by atoms with Crippen LogP contribution in [0.1, 0.15) is 68.2 Å². The first kappa shape index (κ1) is 17.5. The zero-order valence-corrected chi connectivity index (χ0v) is 13.6. The molecule has 1 unspecified atom stereocenters. The number of carbonyl (C=O) groups excluding carboxylic acids is 1. The van der Waals surface area contributed by atoms with E-state index in [1.165, 1.54) is 0 Å². The molecule has 0 radical (unpaired) electrons. The Morgan fingerprint density at radius 3 is 1.89 bits per heavy atom. The van der Waals surface area contributed by atoms with Gasteiger partial charge in [-0.3, -0.25) is 4.79 Å². The molecule has 0 bridgehead atoms. The largest absolute Gasteiger partial charge is 0.466 e. The second-order valence-electron chi connectivity index (χ2n) is 6.99. The molecule has 0 N–H and O–H groups in total. The van der Waals surface area contributed by atoms with Crippen molar-refractivity contribution in [3.8, 4) is 0 Å². The van der Waals surface area contributed by atoms with Gasteiger partial charge in [0.05, 0.1) is 12.5 Å². The lowest BCUT2D eigenvalue weighted by atomic mass is 9.66. The monoisotopic (exact) mass is 256 g/mol. The van der Waals surface area contributed by atoms with E-state index >= 15 is 0 Å². The molecule has 2 nitrogen and oxygen atoms in total. The van der Waals surface area contributed by atoms with E-state index in [2.05, 4.69) is 48.5 Å². The fraction of sp³-hybridized carbons (Fsp3) is 0.938. The quantitative estimate of drug-likeness (QED) is 0.618. The van der Waals surface area contributed by atoms with Gasteiger partial charge in [0.15, 0.2) is 0 Å². The van der Waals surface area contributed by atoms with Gasteiger partial charge in [0, 0.05) is 0 Å². The molecule has 1 atom stereocenters. The minimum absolute atomic E-state index is 0.00157. The third-order valence-corrected chi connectivity index (χ3v) is 4.72. The summed E-state index contributed by atoms with van der Waals surface area (Å²) in [4.78, 5) is 12.2. The number of carbonyl (C=O) groups is 1. The Morgan fingerprint density at radius 1 is 1.06 bits per heavy atom. The highest BCUT2D eigenvalue weighted by Crippen LogP contribution is 2.42. The lowest BCUT2D eigenvalue weighted by Gasteiger charge is -2.39. The maximum Gasteiger partial charge on any atom is 0.309 e. The van der Waals surface area contributed by atoms with Gasteiger partial charge in [0.2, 0.25) is 0 Å². The van der Waals surface area contributed by atoms with E-state index in [4.69, 9.17) is 4.74 Å². The summed E-state index contributed by atoms with van der Waals surface area (Å²) in [6.45, 7) is 17.8. The minimum Gasteiger partial charge on any atom is -0.466 e. The normalized spacial score (nSPS) is 14.7. The molecule has 0 aromatic rings. The highest BCUT2D eigenvalue weighted by Gasteiger charge is 2.39. The zero-order valence-electron chi connectivity index (χ0n) is 13.6. The Morgan fingerprint density at radius 2 is 1.56 bits per heavy atom. The Labute approximate surface area is 113 Å². The SMILES string of the molecule is CCOC(=O)C(CC(C)(C)C(C)C)C(C)(C)CC. The van der Waals surface area contributed by atoms with Crippen LogP contribution in [0.5, 0.6) is 0 Å². The maximum absolute atomic E-state index is 12.2. The molecular weight excluding hydrogens is 224 g/mol. The van der Waals surface area contributed by atoms with Crippen molar-refractivity contribution < 1.29 is 9.53 Å². The minimum atomic E-state index is -0.0296. The molecule has 2 heteroatoms. The van der Waals surface area contributed by atoms with Crippen molar-refractivity contribution in [2.45, 2.75) is 68.2 Å². The molecule has 0 rings (SSSR count). The van der Waals surface area contributed by atoms with Gasteiger partial charge in [-0.2, -0.15) is 0 Å². The Hall–Kier alpha value is -0.530. The average Bonchev–Trinajstić information content (AvgIpc) is 2.25. The molecule has 0 aromatic carbocycles. The van der Waals surface area contributed by atoms with E-state index in [9.17, 15) is 4.79 Å². The fourth-order valence-electron chi connectivity index (χ4n) is 1.93. The van der Waals surface area contributed by atoms with Crippen LogP contribution >= 0.6 is 0 Å². The van der Waals surface area contributed by atoms with Crippen molar-refractivity contribution in [1.82, 2.24) is 0 Å². The molecule has 0 saturated carbocycles. The van der Waals surface area contributed by atoms with Crippen molar-refractivity contribution in [2.24, 2.45) is 22.7 Å². The Kier molecular flexibility index (Phi) is 6.39. The lowest BCUT2D eigenvalue weighted by Crippen LogP contribution is -2.37. The van der Waals surface area contributed by atoms with Crippen molar-refractivity contribution in [1.29, 1.82) is 0 Å². The molecule has 0 fully saturated rings. The maximum atomic E-state index is 12.2. The van der Waals surface area contributed by atoms with Crippen LogP contribution in [0.3, 0.4) is 0 Å². The lowest BCUT2D eigenvalue weighted by molar-refractivity contribution is -0.154. The van der Waals surface area contributed by atoms with Gasteiger partial charge in [-0.25, -0.2) is 0 Å². The second kappa shape index (κ2) is 6.58. The topological polar surface area (TPSA) is 26.3 Å². The van der Waals surface area contributed by atoms with Crippen molar-refractivity contribution in [2.75, 3.05) is 6.61 Å². The van der Waals surface area contributed by atoms with E-state index in [-0.39, 0.29) is 22.7 Å². The van der Waals surface area contributed by atoms with Gasteiger partial charge in [0.25, 0.3) is 0 Å². The zero-order chi connectivity index (χ0) is 14.6. The second-order valence-corrected chi connectivity index (χ2v) is 6.99. The predicted octanol–water partition coefficient (Wildman–Crippen LogP) is 4.67. The van der Waals surface area contributed by atoms with Gasteiger partial charge >= 0.3 is 5.97 Å². The molecule has 0 saturated heterocycles. The van der Waals surface area contributed by atoms with E-state index in [0.717, 1.165) is 12.8 Å². The number of hydrogen-bond donors (Lipinski definition) is 0. The first-order valence-corrected chi connectivity index (χ1v) is 7.25. The van der Waals surface area contributed by atoms with Crippen LogP contribution in [0.4, 0.5) is 0 Å². The van der Waals surface area contributed by atoms with Crippen LogP contribution in [-0.4, -0.2) is 12.6 Å². The van der Waals surface area contributed by atoms with Crippen molar-refractivity contribution >= 4 is 5.97 Å². The summed E-state index contributed by atoms with van der Waals surface area (Å²) in [6.07, 6.45) is 1.88. The van der Waals surface area contributed by atoms with E-state index in [1.807, 2.05) is 6.92 Å². The first-order valence-electron chi connectivity index (χ1n) is 7.25. The van der Waals surface area contributed by atoms with Crippen LogP contribution in [-0.2, 0) is 9.53 Å². The first-order chi connectivity index (χ1) is 8.08. The summed E-state index contributed by atoms with van der Waals surface area (Å²) in [5.74, 6) is 0.514. The summed E-state index contributed by atoms with van der Waals surface area (Å²) in [7, 11) is 0. The highest BCUT2D eigenvalue weighted by molar-refractivity contribution is 5.73. The van der Waals surface area contributed by atoms with E-state index in [0.29, 0.717) is 12.5 Å². The van der Waals surface area contributed by atoms with E-state index < -0.39 is 0 Å². The molecule has 0 aliphatic carbocycles. The van der Waals surface area contributed by atoms with Gasteiger partial charge in [-0.05, 0) is 30.1 Å². The predicted molar refractivity (Wildman–Crippen MR) is 77.4 cm³/mol. The molecule has 0 spiro atoms. The molecular formula is C16H32O2. The smallest absolute Gasteiger partial charge is 0.309 e. The molecule has 0 aliphatic heterocycles. The number of ether oxygens (including phenoxy) is 1. The molecule has 108 valence electrons. The third kappa shape index (κ3) is 4.62. The van der Waals surface area contributed by atoms with Crippen LogP contribution in [0.2, 0.25) is 0 Å². The van der Waals surface area contributed by atoms with Gasteiger partial charge < -0.3 is 4.74 Å². The summed E-state index contributed by atoms with van der Waals surface area (Å²) in [5.41, 5.74) is 0.155. The number of esters is 1. The molecule has 0 amide bonds. The molecule has 0 aromatic heterocycles. The fourth-order valence-corrected chi connectivity index (χ4v) is 1.93. The summed E-state index contributed by atoms with van der Waals surface area (Å²) >= 11 is 0. The van der Waals surface area contributed by atoms with Gasteiger partial charge in [-0.15, -0.1) is 0 Å². The Bertz CT molecular complexity index is 264. The van der Waals surface area contributed by atoms with Crippen molar-refractivity contribution in [3.63, 3.8) is 0 Å². The number of rotatable bonds is 7. The van der Waals surface area contributed by atoms with Crippen LogP contribution in [0.25, 0.3) is 0 Å². The van der Waals surface area contributed by atoms with Crippen LogP contribution < -0.4 is 0 Å². The average molecular weight is 256 g/mol. The molecule has 18 heavy (non-hydrogen) atoms.